The van der Waals surface area contributed by atoms with Crippen LogP contribution in [0.2, 0.25) is 0 Å². The molecule has 1 heteroatoms. The number of unbranched alkanes of at least 4 members (excludes halogenated alkanes) is 2. The first kappa shape index (κ1) is 9.41. The van der Waals surface area contributed by atoms with Gasteiger partial charge in [-0.05, 0) is 13.3 Å². The van der Waals surface area contributed by atoms with Crippen molar-refractivity contribution in [3.8, 4) is 0 Å². The maximum absolute atomic E-state index is 10.0. The molecule has 0 fully saturated rings. The minimum atomic E-state index is 0.601. The van der Waals surface area contributed by atoms with Gasteiger partial charge in [-0.25, -0.2) is 0 Å². The second kappa shape index (κ2) is 6.53. The van der Waals surface area contributed by atoms with Gasteiger partial charge in [0.15, 0.2) is 0 Å². The Morgan fingerprint density at radius 3 is 2.70 bits per heavy atom. The van der Waals surface area contributed by atoms with Crippen LogP contribution in [0, 0.1) is 0 Å². The summed E-state index contributed by atoms with van der Waals surface area (Å²) in [5.41, 5.74) is 1.20. The SMILES string of the molecule is CCCCC=C(C)CC=O. The molecule has 0 aliphatic carbocycles. The largest absolute Gasteiger partial charge is 0.303 e. The average Bonchev–Trinajstić information content (AvgIpc) is 1.89. The number of allylic oxidation sites excluding steroid dienone is 2. The molecule has 0 aromatic carbocycles. The van der Waals surface area contributed by atoms with Crippen molar-refractivity contribution in [2.45, 2.75) is 39.5 Å². The first-order valence-corrected chi connectivity index (χ1v) is 3.90. The smallest absolute Gasteiger partial charge is 0.124 e. The summed E-state index contributed by atoms with van der Waals surface area (Å²) in [6.07, 6.45) is 7.29. The van der Waals surface area contributed by atoms with Crippen molar-refractivity contribution in [2.75, 3.05) is 0 Å². The average molecular weight is 140 g/mol. The molecular weight excluding hydrogens is 124 g/mol. The van der Waals surface area contributed by atoms with Gasteiger partial charge in [0.2, 0.25) is 0 Å². The zero-order valence-corrected chi connectivity index (χ0v) is 6.89. The maximum Gasteiger partial charge on any atom is 0.124 e. The zero-order chi connectivity index (χ0) is 7.82. The Hall–Kier alpha value is -0.590. The molecule has 0 spiro atoms. The summed E-state index contributed by atoms with van der Waals surface area (Å²) in [5.74, 6) is 0. The lowest BCUT2D eigenvalue weighted by Gasteiger charge is -1.92. The van der Waals surface area contributed by atoms with Gasteiger partial charge in [-0.15, -0.1) is 0 Å². The molecule has 0 aromatic heterocycles. The van der Waals surface area contributed by atoms with Crippen molar-refractivity contribution in [1.82, 2.24) is 0 Å². The molecule has 0 aliphatic rings. The van der Waals surface area contributed by atoms with E-state index in [2.05, 4.69) is 13.0 Å². The Balaban J connectivity index is 3.37. The molecule has 58 valence electrons. The summed E-state index contributed by atoms with van der Waals surface area (Å²) in [7, 11) is 0. The van der Waals surface area contributed by atoms with E-state index < -0.39 is 0 Å². The highest BCUT2D eigenvalue weighted by molar-refractivity contribution is 5.53. The molecule has 10 heavy (non-hydrogen) atoms. The van der Waals surface area contributed by atoms with Crippen LogP contribution in [-0.2, 0) is 4.79 Å². The van der Waals surface area contributed by atoms with Crippen LogP contribution in [0.4, 0.5) is 0 Å². The van der Waals surface area contributed by atoms with E-state index in [0.717, 1.165) is 12.7 Å². The summed E-state index contributed by atoms with van der Waals surface area (Å²) in [4.78, 5) is 10.0. The second-order valence-electron chi connectivity index (χ2n) is 2.56. The zero-order valence-electron chi connectivity index (χ0n) is 6.89. The van der Waals surface area contributed by atoms with E-state index in [0.29, 0.717) is 6.42 Å². The van der Waals surface area contributed by atoms with Gasteiger partial charge in [0.25, 0.3) is 0 Å². The van der Waals surface area contributed by atoms with E-state index in [4.69, 9.17) is 0 Å². The van der Waals surface area contributed by atoms with E-state index in [1.807, 2.05) is 6.92 Å². The maximum atomic E-state index is 10.0. The quantitative estimate of drug-likeness (QED) is 0.326. The van der Waals surface area contributed by atoms with Crippen molar-refractivity contribution >= 4 is 6.29 Å². The lowest BCUT2D eigenvalue weighted by molar-refractivity contribution is -0.107. The molecule has 0 radical (unpaired) electrons. The molecule has 0 atom stereocenters. The Kier molecular flexibility index (Phi) is 6.14. The molecule has 0 amide bonds. The third kappa shape index (κ3) is 5.54. The fraction of sp³-hybridized carbons (Fsp3) is 0.667. The Bertz CT molecular complexity index is 114. The van der Waals surface area contributed by atoms with Crippen molar-refractivity contribution in [3.05, 3.63) is 11.6 Å². The first-order valence-electron chi connectivity index (χ1n) is 3.90. The number of rotatable bonds is 5. The molecule has 0 unspecified atom stereocenters. The normalized spacial score (nSPS) is 11.6. The summed E-state index contributed by atoms with van der Waals surface area (Å²) in [6, 6.07) is 0. The van der Waals surface area contributed by atoms with Gasteiger partial charge in [-0.1, -0.05) is 31.4 Å². The Morgan fingerprint density at radius 2 is 2.20 bits per heavy atom. The van der Waals surface area contributed by atoms with Crippen LogP contribution in [0.5, 0.6) is 0 Å². The van der Waals surface area contributed by atoms with E-state index in [1.165, 1.54) is 18.4 Å². The van der Waals surface area contributed by atoms with Crippen LogP contribution >= 0.6 is 0 Å². The number of carbonyl (C=O) groups excluding carboxylic acids is 1. The molecule has 0 saturated carbocycles. The Labute approximate surface area is 63.1 Å². The molecule has 0 saturated heterocycles. The predicted octanol–water partition coefficient (Wildman–Crippen LogP) is 2.71. The van der Waals surface area contributed by atoms with E-state index in [9.17, 15) is 4.79 Å². The summed E-state index contributed by atoms with van der Waals surface area (Å²) in [5, 5.41) is 0. The molecule has 0 rings (SSSR count). The van der Waals surface area contributed by atoms with Crippen LogP contribution in [0.3, 0.4) is 0 Å². The molecule has 0 N–H and O–H groups in total. The highest BCUT2D eigenvalue weighted by Crippen LogP contribution is 2.02. The van der Waals surface area contributed by atoms with Crippen molar-refractivity contribution < 1.29 is 4.79 Å². The highest BCUT2D eigenvalue weighted by Gasteiger charge is 1.85. The van der Waals surface area contributed by atoms with E-state index >= 15 is 0 Å². The van der Waals surface area contributed by atoms with E-state index in [-0.39, 0.29) is 0 Å². The topological polar surface area (TPSA) is 17.1 Å². The minimum Gasteiger partial charge on any atom is -0.303 e. The second-order valence-corrected chi connectivity index (χ2v) is 2.56. The van der Waals surface area contributed by atoms with Crippen molar-refractivity contribution in [3.63, 3.8) is 0 Å². The summed E-state index contributed by atoms with van der Waals surface area (Å²) in [6.45, 7) is 4.17. The monoisotopic (exact) mass is 140 g/mol. The number of hydrogen-bond acceptors (Lipinski definition) is 1. The standard InChI is InChI=1S/C9H16O/c1-3-4-5-6-9(2)7-8-10/h6,8H,3-5,7H2,1-2H3. The highest BCUT2D eigenvalue weighted by atomic mass is 16.1. The predicted molar refractivity (Wildman–Crippen MR) is 44.0 cm³/mol. The number of aldehydes is 1. The number of carbonyl (C=O) groups is 1. The van der Waals surface area contributed by atoms with Gasteiger partial charge in [0.1, 0.15) is 6.29 Å². The fourth-order valence-corrected chi connectivity index (χ4v) is 0.767. The lowest BCUT2D eigenvalue weighted by atomic mass is 10.1. The van der Waals surface area contributed by atoms with Gasteiger partial charge in [-0.3, -0.25) is 0 Å². The third-order valence-electron chi connectivity index (χ3n) is 1.46. The van der Waals surface area contributed by atoms with Gasteiger partial charge >= 0.3 is 0 Å². The van der Waals surface area contributed by atoms with E-state index in [1.54, 1.807) is 0 Å². The Morgan fingerprint density at radius 1 is 1.50 bits per heavy atom. The molecule has 1 nitrogen and oxygen atoms in total. The van der Waals surface area contributed by atoms with Gasteiger partial charge < -0.3 is 4.79 Å². The van der Waals surface area contributed by atoms with Crippen molar-refractivity contribution in [2.24, 2.45) is 0 Å². The van der Waals surface area contributed by atoms with Gasteiger partial charge in [0, 0.05) is 6.42 Å². The molecule has 0 aromatic rings. The van der Waals surface area contributed by atoms with Crippen LogP contribution in [0.1, 0.15) is 39.5 Å². The van der Waals surface area contributed by atoms with Crippen LogP contribution in [0.15, 0.2) is 11.6 Å². The molecular formula is C9H16O. The summed E-state index contributed by atoms with van der Waals surface area (Å²) >= 11 is 0. The van der Waals surface area contributed by atoms with Gasteiger partial charge in [-0.2, -0.15) is 0 Å². The minimum absolute atomic E-state index is 0.601. The van der Waals surface area contributed by atoms with Crippen molar-refractivity contribution in [1.29, 1.82) is 0 Å². The van der Waals surface area contributed by atoms with Crippen LogP contribution in [0.25, 0.3) is 0 Å². The molecule has 0 aliphatic heterocycles. The van der Waals surface area contributed by atoms with Crippen LogP contribution in [-0.4, -0.2) is 6.29 Å². The fourth-order valence-electron chi connectivity index (χ4n) is 0.767. The van der Waals surface area contributed by atoms with Gasteiger partial charge in [0.05, 0.1) is 0 Å². The summed E-state index contributed by atoms with van der Waals surface area (Å²) < 4.78 is 0. The first-order chi connectivity index (χ1) is 4.81. The molecule has 0 bridgehead atoms. The lowest BCUT2D eigenvalue weighted by Crippen LogP contribution is -1.78. The number of hydrogen-bond donors (Lipinski definition) is 0. The van der Waals surface area contributed by atoms with Crippen LogP contribution < -0.4 is 0 Å². The molecule has 0 heterocycles. The third-order valence-corrected chi connectivity index (χ3v) is 1.46.